The highest BCUT2D eigenvalue weighted by atomic mass is 16.6. The van der Waals surface area contributed by atoms with Gasteiger partial charge in [-0.3, -0.25) is 4.79 Å². The predicted molar refractivity (Wildman–Crippen MR) is 91.0 cm³/mol. The van der Waals surface area contributed by atoms with Crippen molar-refractivity contribution in [3.8, 4) is 5.75 Å². The number of ether oxygens (including phenoxy) is 2. The zero-order chi connectivity index (χ0) is 18.1. The van der Waals surface area contributed by atoms with Gasteiger partial charge in [0, 0.05) is 13.6 Å². The van der Waals surface area contributed by atoms with Gasteiger partial charge in [-0.1, -0.05) is 6.08 Å². The minimum atomic E-state index is -0.603. The van der Waals surface area contributed by atoms with Crippen LogP contribution in [0.25, 0.3) is 10.7 Å². The number of allylic oxidation sites excluding steroid dienone is 1. The number of unbranched alkanes of at least 4 members (excludes halogenated alkanes) is 1. The minimum absolute atomic E-state index is 0.205. The van der Waals surface area contributed by atoms with Crippen LogP contribution in [-0.2, 0) is 4.74 Å². The maximum Gasteiger partial charge on any atom is 0.471 e. The van der Waals surface area contributed by atoms with Crippen LogP contribution in [0.15, 0.2) is 36.8 Å². The van der Waals surface area contributed by atoms with Crippen LogP contribution >= 0.6 is 0 Å². The van der Waals surface area contributed by atoms with Gasteiger partial charge in [0.2, 0.25) is 5.39 Å². The molecule has 0 saturated carbocycles. The lowest BCUT2D eigenvalue weighted by molar-refractivity contribution is 0.0793. The molecule has 0 bridgehead atoms. The highest BCUT2D eigenvalue weighted by Crippen LogP contribution is 2.28. The van der Waals surface area contributed by atoms with Gasteiger partial charge in [-0.2, -0.15) is 0 Å². The van der Waals surface area contributed by atoms with E-state index in [9.17, 15) is 15.3 Å². The van der Waals surface area contributed by atoms with Crippen LogP contribution in [0.1, 0.15) is 28.8 Å². The fourth-order valence-electron chi connectivity index (χ4n) is 2.12. The molecule has 0 atom stereocenters. The maximum absolute atomic E-state index is 12.7. The van der Waals surface area contributed by atoms with Crippen molar-refractivity contribution in [2.24, 2.45) is 0 Å². The van der Waals surface area contributed by atoms with Crippen molar-refractivity contribution in [3.05, 3.63) is 52.9 Å². The highest BCUT2D eigenvalue weighted by molar-refractivity contribution is 6.00. The number of aliphatic hydroxyl groups is 1. The number of aliphatic hydroxyl groups excluding tert-OH is 1. The van der Waals surface area contributed by atoms with Gasteiger partial charge in [0.05, 0.1) is 25.3 Å². The standard InChI is InChI=1S/C17H21N3O4/c1-5-6-7-10-20(2)16(21)13-9-8-12(23-3)11-14(13)15(19-18)17(22)24-4/h5,8-9,11H,1,6-7,10H2,2-4H3/p+1. The van der Waals surface area contributed by atoms with Gasteiger partial charge in [0.25, 0.3) is 5.91 Å². The lowest BCUT2D eigenvalue weighted by Gasteiger charge is -2.18. The molecule has 0 unspecified atom stereocenters. The molecule has 0 spiro atoms. The quantitative estimate of drug-likeness (QED) is 0.341. The van der Waals surface area contributed by atoms with Crippen molar-refractivity contribution in [3.63, 3.8) is 0 Å². The number of diazo groups is 1. The SMILES string of the molecule is C=CCCCN(C)C(=O)c1ccc(OC)cc1/C([N+]#N)=C(/O)OC. The molecule has 7 nitrogen and oxygen atoms in total. The first-order valence-corrected chi connectivity index (χ1v) is 7.37. The monoisotopic (exact) mass is 332 g/mol. The summed E-state index contributed by atoms with van der Waals surface area (Å²) in [4.78, 5) is 17.3. The first-order chi connectivity index (χ1) is 11.5. The van der Waals surface area contributed by atoms with Gasteiger partial charge in [-0.15, -0.1) is 6.58 Å². The Balaban J connectivity index is 3.31. The summed E-state index contributed by atoms with van der Waals surface area (Å²) in [6, 6.07) is 4.66. The molecule has 128 valence electrons. The summed E-state index contributed by atoms with van der Waals surface area (Å²) in [6.45, 7) is 4.20. The zero-order valence-electron chi connectivity index (χ0n) is 14.2. The Morgan fingerprint density at radius 2 is 2.12 bits per heavy atom. The number of carbonyl (C=O) groups is 1. The van der Waals surface area contributed by atoms with E-state index in [0.29, 0.717) is 12.3 Å². The van der Waals surface area contributed by atoms with Crippen LogP contribution in [-0.4, -0.2) is 43.7 Å². The molecule has 1 rings (SSSR count). The van der Waals surface area contributed by atoms with Gasteiger partial charge in [0.15, 0.2) is 4.98 Å². The van der Waals surface area contributed by atoms with E-state index in [4.69, 9.17) is 9.47 Å². The smallest absolute Gasteiger partial charge is 0.471 e. The van der Waals surface area contributed by atoms with Crippen molar-refractivity contribution in [2.45, 2.75) is 12.8 Å². The molecule has 0 radical (unpaired) electrons. The lowest BCUT2D eigenvalue weighted by Crippen LogP contribution is -2.28. The molecule has 0 aliphatic rings. The van der Waals surface area contributed by atoms with E-state index in [2.05, 4.69) is 11.6 Å². The van der Waals surface area contributed by atoms with Crippen LogP contribution in [0.5, 0.6) is 5.75 Å². The van der Waals surface area contributed by atoms with E-state index in [1.165, 1.54) is 20.3 Å². The third kappa shape index (κ3) is 4.49. The molecular weight excluding hydrogens is 310 g/mol. The summed E-state index contributed by atoms with van der Waals surface area (Å²) in [7, 11) is 4.37. The maximum atomic E-state index is 12.7. The normalized spacial score (nSPS) is 11.1. The Morgan fingerprint density at radius 3 is 2.67 bits per heavy atom. The zero-order valence-corrected chi connectivity index (χ0v) is 14.2. The first kappa shape index (κ1) is 19.0. The Hall–Kier alpha value is -3.01. The molecular formula is C17H22N3O4+. The molecule has 0 aliphatic carbocycles. The fourth-order valence-corrected chi connectivity index (χ4v) is 2.12. The predicted octanol–water partition coefficient (Wildman–Crippen LogP) is 3.42. The molecule has 0 fully saturated rings. The van der Waals surface area contributed by atoms with Crippen molar-refractivity contribution in [2.75, 3.05) is 27.8 Å². The first-order valence-electron chi connectivity index (χ1n) is 7.37. The summed E-state index contributed by atoms with van der Waals surface area (Å²) in [6.07, 6.45) is 3.38. The molecule has 1 N–H and O–H groups in total. The van der Waals surface area contributed by atoms with Gasteiger partial charge in [0.1, 0.15) is 5.75 Å². The van der Waals surface area contributed by atoms with E-state index in [0.717, 1.165) is 12.8 Å². The summed E-state index contributed by atoms with van der Waals surface area (Å²) in [5.41, 5.74) is 0.212. The Bertz CT molecular complexity index is 677. The number of nitrogens with zero attached hydrogens (tertiary/aromatic N) is 3. The highest BCUT2D eigenvalue weighted by Gasteiger charge is 2.30. The Labute approximate surface area is 141 Å². The molecule has 1 aromatic carbocycles. The van der Waals surface area contributed by atoms with Crippen LogP contribution in [0.2, 0.25) is 0 Å². The number of rotatable bonds is 8. The molecule has 7 heteroatoms. The second-order valence-corrected chi connectivity index (χ2v) is 5.03. The number of hydrogen-bond donors (Lipinski definition) is 1. The molecule has 1 aromatic rings. The second-order valence-electron chi connectivity index (χ2n) is 5.03. The third-order valence-corrected chi connectivity index (χ3v) is 3.46. The van der Waals surface area contributed by atoms with Gasteiger partial charge >= 0.3 is 11.6 Å². The summed E-state index contributed by atoms with van der Waals surface area (Å²) >= 11 is 0. The number of carbonyl (C=O) groups excluding carboxylic acids is 1. The summed E-state index contributed by atoms with van der Waals surface area (Å²) in [5.74, 6) is -0.434. The number of methoxy groups -OCH3 is 2. The number of amides is 1. The summed E-state index contributed by atoms with van der Waals surface area (Å²) < 4.78 is 9.84. The van der Waals surface area contributed by atoms with Gasteiger partial charge < -0.3 is 19.5 Å². The molecule has 1 amide bonds. The van der Waals surface area contributed by atoms with E-state index in [1.54, 1.807) is 30.2 Å². The van der Waals surface area contributed by atoms with Crippen molar-refractivity contribution in [1.29, 1.82) is 5.39 Å². The topological polar surface area (TPSA) is 87.2 Å². The minimum Gasteiger partial charge on any atom is -0.497 e. The third-order valence-electron chi connectivity index (χ3n) is 3.46. The largest absolute Gasteiger partial charge is 0.497 e. The van der Waals surface area contributed by atoms with E-state index < -0.39 is 5.95 Å². The van der Waals surface area contributed by atoms with Crippen LogP contribution in [0.3, 0.4) is 0 Å². The fraction of sp³-hybridized carbons (Fsp3) is 0.353. The lowest BCUT2D eigenvalue weighted by atomic mass is 10.0. The molecule has 0 saturated heterocycles. The van der Waals surface area contributed by atoms with Crippen LogP contribution < -0.4 is 4.74 Å². The molecule has 0 aliphatic heterocycles. The van der Waals surface area contributed by atoms with Crippen molar-refractivity contribution >= 4 is 11.6 Å². The Kier molecular flexibility index (Phi) is 7.30. The van der Waals surface area contributed by atoms with Crippen LogP contribution in [0.4, 0.5) is 0 Å². The number of hydrogen-bond acceptors (Lipinski definition) is 5. The average Bonchev–Trinajstić information content (AvgIpc) is 2.61. The molecule has 24 heavy (non-hydrogen) atoms. The number of benzene rings is 1. The Morgan fingerprint density at radius 1 is 1.42 bits per heavy atom. The van der Waals surface area contributed by atoms with Gasteiger partial charge in [-0.05, 0) is 31.0 Å². The average molecular weight is 332 g/mol. The van der Waals surface area contributed by atoms with Gasteiger partial charge in [-0.25, -0.2) is 0 Å². The van der Waals surface area contributed by atoms with E-state index in [1.807, 2.05) is 0 Å². The second kappa shape index (κ2) is 9.20. The van der Waals surface area contributed by atoms with Crippen molar-refractivity contribution < 1.29 is 19.4 Å². The summed E-state index contributed by atoms with van der Waals surface area (Å²) in [5, 5.41) is 19.0. The van der Waals surface area contributed by atoms with E-state index >= 15 is 0 Å². The molecule has 0 aromatic heterocycles. The van der Waals surface area contributed by atoms with Crippen molar-refractivity contribution in [1.82, 2.24) is 4.90 Å². The van der Waals surface area contributed by atoms with Crippen LogP contribution in [0, 0.1) is 5.39 Å². The van der Waals surface area contributed by atoms with E-state index in [-0.39, 0.29) is 22.7 Å². The molecule has 0 heterocycles.